The van der Waals surface area contributed by atoms with E-state index in [1.165, 1.54) is 11.1 Å². The Labute approximate surface area is 112 Å². The lowest BCUT2D eigenvalue weighted by Crippen LogP contribution is -1.81. The molecule has 0 radical (unpaired) electrons. The lowest BCUT2D eigenvalue weighted by atomic mass is 10.2. The zero-order chi connectivity index (χ0) is 12.6. The summed E-state index contributed by atoms with van der Waals surface area (Å²) in [5, 5.41) is 2.13. The minimum absolute atomic E-state index is 0.893. The summed E-state index contributed by atoms with van der Waals surface area (Å²) in [6.07, 6.45) is 2.12. The fourth-order valence-corrected chi connectivity index (χ4v) is 2.29. The maximum atomic E-state index is 5.12. The molecule has 0 aliphatic rings. The number of hydrogen-bond acceptors (Lipinski definition) is 2. The Morgan fingerprint density at radius 2 is 1.72 bits per heavy atom. The van der Waals surface area contributed by atoms with Gasteiger partial charge < -0.3 is 4.74 Å². The average molecular weight is 256 g/mol. The minimum Gasteiger partial charge on any atom is -0.497 e. The summed E-state index contributed by atoms with van der Waals surface area (Å²) in [5.74, 6) is 1.90. The predicted octanol–water partition coefficient (Wildman–Crippen LogP) is 4.60. The second kappa shape index (κ2) is 6.92. The molecule has 0 N–H and O–H groups in total. The molecule has 0 unspecified atom stereocenters. The highest BCUT2D eigenvalue weighted by atomic mass is 32.2. The summed E-state index contributed by atoms with van der Waals surface area (Å²) in [6, 6.07) is 18.5. The molecular formula is C16H16OS. The monoisotopic (exact) mass is 256 g/mol. The van der Waals surface area contributed by atoms with Crippen LogP contribution in [0.3, 0.4) is 0 Å². The van der Waals surface area contributed by atoms with Gasteiger partial charge in [0.2, 0.25) is 0 Å². The fourth-order valence-electron chi connectivity index (χ4n) is 1.56. The summed E-state index contributed by atoms with van der Waals surface area (Å²) in [7, 11) is 1.68. The van der Waals surface area contributed by atoms with Gasteiger partial charge in [0.25, 0.3) is 0 Å². The Hall–Kier alpha value is -1.67. The molecule has 0 amide bonds. The van der Waals surface area contributed by atoms with Gasteiger partial charge >= 0.3 is 0 Å². The van der Waals surface area contributed by atoms with Gasteiger partial charge in [-0.15, -0.1) is 11.8 Å². The molecular weight excluding hydrogens is 240 g/mol. The molecule has 0 fully saturated rings. The standard InChI is InChI=1S/C16H16OS/c1-17-16-9-7-14(8-10-16)11-12-18-13-15-5-3-2-4-6-15/h2-12H,13H2,1H3/b12-11+. The highest BCUT2D eigenvalue weighted by molar-refractivity contribution is 8.01. The first kappa shape index (κ1) is 12.8. The molecule has 92 valence electrons. The van der Waals surface area contributed by atoms with Crippen LogP contribution in [0.5, 0.6) is 5.75 Å². The molecule has 0 aromatic heterocycles. The highest BCUT2D eigenvalue weighted by Gasteiger charge is 1.91. The molecule has 0 atom stereocenters. The molecule has 0 spiro atoms. The third-order valence-electron chi connectivity index (χ3n) is 2.57. The van der Waals surface area contributed by atoms with Crippen molar-refractivity contribution in [2.75, 3.05) is 7.11 Å². The zero-order valence-electron chi connectivity index (χ0n) is 10.4. The maximum Gasteiger partial charge on any atom is 0.118 e. The highest BCUT2D eigenvalue weighted by Crippen LogP contribution is 2.16. The van der Waals surface area contributed by atoms with Crippen molar-refractivity contribution in [3.63, 3.8) is 0 Å². The molecule has 0 aliphatic heterocycles. The van der Waals surface area contributed by atoms with Crippen LogP contribution >= 0.6 is 11.8 Å². The summed E-state index contributed by atoms with van der Waals surface area (Å²) in [5.41, 5.74) is 2.54. The average Bonchev–Trinajstić information content (AvgIpc) is 2.45. The van der Waals surface area contributed by atoms with Crippen LogP contribution in [0.1, 0.15) is 11.1 Å². The summed E-state index contributed by atoms with van der Waals surface area (Å²) < 4.78 is 5.12. The summed E-state index contributed by atoms with van der Waals surface area (Å²) in [6.45, 7) is 0. The van der Waals surface area contributed by atoms with Gasteiger partial charge in [0.1, 0.15) is 5.75 Å². The minimum atomic E-state index is 0.893. The van der Waals surface area contributed by atoms with Crippen LogP contribution in [0, 0.1) is 0 Å². The van der Waals surface area contributed by atoms with Gasteiger partial charge in [0, 0.05) is 5.75 Å². The van der Waals surface area contributed by atoms with Crippen molar-refractivity contribution >= 4 is 17.8 Å². The van der Waals surface area contributed by atoms with Gasteiger partial charge in [-0.05, 0) is 34.7 Å². The van der Waals surface area contributed by atoms with E-state index in [1.54, 1.807) is 18.9 Å². The molecule has 0 saturated carbocycles. The van der Waals surface area contributed by atoms with Crippen LogP contribution in [0.2, 0.25) is 0 Å². The number of hydrogen-bond donors (Lipinski definition) is 0. The molecule has 2 aromatic rings. The number of methoxy groups -OCH3 is 1. The first-order valence-corrected chi connectivity index (χ1v) is 6.89. The molecule has 0 aliphatic carbocycles. The second-order valence-corrected chi connectivity index (χ2v) is 4.77. The lowest BCUT2D eigenvalue weighted by molar-refractivity contribution is 0.415. The van der Waals surface area contributed by atoms with Crippen molar-refractivity contribution in [3.8, 4) is 5.75 Å². The number of rotatable bonds is 5. The fraction of sp³-hybridized carbons (Fsp3) is 0.125. The first-order valence-electron chi connectivity index (χ1n) is 5.84. The quantitative estimate of drug-likeness (QED) is 0.773. The smallest absolute Gasteiger partial charge is 0.118 e. The second-order valence-electron chi connectivity index (χ2n) is 3.87. The van der Waals surface area contributed by atoms with E-state index in [2.05, 4.69) is 47.9 Å². The first-order chi connectivity index (χ1) is 8.88. The number of thioether (sulfide) groups is 1. The molecule has 2 rings (SSSR count). The van der Waals surface area contributed by atoms with Crippen LogP contribution in [0.25, 0.3) is 6.08 Å². The van der Waals surface area contributed by atoms with Crippen molar-refractivity contribution in [2.45, 2.75) is 5.75 Å². The van der Waals surface area contributed by atoms with E-state index >= 15 is 0 Å². The van der Waals surface area contributed by atoms with Gasteiger partial charge in [-0.3, -0.25) is 0 Å². The third-order valence-corrected chi connectivity index (χ3v) is 3.39. The zero-order valence-corrected chi connectivity index (χ0v) is 11.2. The Kier molecular flexibility index (Phi) is 4.91. The van der Waals surface area contributed by atoms with Crippen molar-refractivity contribution in [1.29, 1.82) is 0 Å². The van der Waals surface area contributed by atoms with Gasteiger partial charge in [-0.1, -0.05) is 42.5 Å². The number of ether oxygens (including phenoxy) is 1. The molecule has 1 nitrogen and oxygen atoms in total. The van der Waals surface area contributed by atoms with Crippen molar-refractivity contribution in [2.24, 2.45) is 0 Å². The van der Waals surface area contributed by atoms with E-state index in [9.17, 15) is 0 Å². The van der Waals surface area contributed by atoms with Crippen LogP contribution in [0.15, 0.2) is 60.0 Å². The van der Waals surface area contributed by atoms with E-state index in [0.717, 1.165) is 11.5 Å². The van der Waals surface area contributed by atoms with Crippen molar-refractivity contribution in [1.82, 2.24) is 0 Å². The van der Waals surface area contributed by atoms with E-state index < -0.39 is 0 Å². The molecule has 18 heavy (non-hydrogen) atoms. The molecule has 2 heteroatoms. The van der Waals surface area contributed by atoms with Crippen LogP contribution in [-0.2, 0) is 5.75 Å². The Bertz CT molecular complexity index is 488. The maximum absolute atomic E-state index is 5.12. The largest absolute Gasteiger partial charge is 0.497 e. The SMILES string of the molecule is COc1ccc(/C=C/SCc2ccccc2)cc1. The predicted molar refractivity (Wildman–Crippen MR) is 79.8 cm³/mol. The van der Waals surface area contributed by atoms with Gasteiger partial charge in [0.15, 0.2) is 0 Å². The van der Waals surface area contributed by atoms with Crippen LogP contribution < -0.4 is 4.74 Å². The van der Waals surface area contributed by atoms with E-state index in [-0.39, 0.29) is 0 Å². The molecule has 0 bridgehead atoms. The topological polar surface area (TPSA) is 9.23 Å². The van der Waals surface area contributed by atoms with Gasteiger partial charge in [-0.2, -0.15) is 0 Å². The van der Waals surface area contributed by atoms with Crippen molar-refractivity contribution < 1.29 is 4.74 Å². The Morgan fingerprint density at radius 3 is 2.39 bits per heavy atom. The van der Waals surface area contributed by atoms with Gasteiger partial charge in [0.05, 0.1) is 7.11 Å². The summed E-state index contributed by atoms with van der Waals surface area (Å²) in [4.78, 5) is 0. The molecule has 0 heterocycles. The normalized spacial score (nSPS) is 10.7. The third kappa shape index (κ3) is 3.97. The molecule has 0 saturated heterocycles. The lowest BCUT2D eigenvalue weighted by Gasteiger charge is -1.99. The van der Waals surface area contributed by atoms with E-state index in [1.807, 2.05) is 18.2 Å². The number of benzene rings is 2. The van der Waals surface area contributed by atoms with Gasteiger partial charge in [-0.25, -0.2) is 0 Å². The Balaban J connectivity index is 1.84. The molecule has 2 aromatic carbocycles. The van der Waals surface area contributed by atoms with E-state index in [0.29, 0.717) is 0 Å². The summed E-state index contributed by atoms with van der Waals surface area (Å²) >= 11 is 1.80. The van der Waals surface area contributed by atoms with E-state index in [4.69, 9.17) is 4.74 Å². The van der Waals surface area contributed by atoms with Crippen molar-refractivity contribution in [3.05, 3.63) is 71.1 Å². The Morgan fingerprint density at radius 1 is 1.00 bits per heavy atom. The van der Waals surface area contributed by atoms with Crippen LogP contribution in [-0.4, -0.2) is 7.11 Å². The van der Waals surface area contributed by atoms with Crippen LogP contribution in [0.4, 0.5) is 0 Å².